The van der Waals surface area contributed by atoms with Crippen molar-refractivity contribution in [2.75, 3.05) is 13.1 Å². The van der Waals surface area contributed by atoms with Gasteiger partial charge in [-0.05, 0) is 37.1 Å². The van der Waals surface area contributed by atoms with Crippen LogP contribution in [0.25, 0.3) is 0 Å². The molecule has 140 valence electrons. The number of hydrogen-bond donors (Lipinski definition) is 0. The minimum Gasteiger partial charge on any atom is -0.338 e. The summed E-state index contributed by atoms with van der Waals surface area (Å²) in [6.45, 7) is 1.98. The van der Waals surface area contributed by atoms with E-state index in [9.17, 15) is 10.1 Å². The van der Waals surface area contributed by atoms with Gasteiger partial charge in [-0.15, -0.1) is 0 Å². The van der Waals surface area contributed by atoms with Gasteiger partial charge in [0.25, 0.3) is 5.91 Å². The van der Waals surface area contributed by atoms with Crippen LogP contribution in [0.2, 0.25) is 0 Å². The Hall–Kier alpha value is -3.46. The smallest absolute Gasteiger partial charge is 0.255 e. The van der Waals surface area contributed by atoms with Crippen molar-refractivity contribution < 1.29 is 4.79 Å². The maximum atomic E-state index is 13.0. The molecule has 0 N–H and O–H groups in total. The van der Waals surface area contributed by atoms with Crippen molar-refractivity contribution in [3.63, 3.8) is 0 Å². The van der Waals surface area contributed by atoms with Crippen molar-refractivity contribution in [1.82, 2.24) is 19.4 Å². The van der Waals surface area contributed by atoms with Crippen LogP contribution < -0.4 is 0 Å². The summed E-state index contributed by atoms with van der Waals surface area (Å²) >= 11 is 0. The average Bonchev–Trinajstić information content (AvgIpc) is 3.22. The molecule has 1 aliphatic rings. The first-order valence-electron chi connectivity index (χ1n) is 9.45. The Morgan fingerprint density at radius 2 is 2.00 bits per heavy atom. The molecule has 0 spiro atoms. The summed E-state index contributed by atoms with van der Waals surface area (Å²) in [6, 6.07) is 15.0. The molecule has 1 aliphatic heterocycles. The fraction of sp³-hybridized carbons (Fsp3) is 0.273. The lowest BCUT2D eigenvalue weighted by molar-refractivity contribution is 0.0703. The second-order valence-corrected chi connectivity index (χ2v) is 6.98. The van der Waals surface area contributed by atoms with Crippen LogP contribution in [0.3, 0.4) is 0 Å². The number of nitriles is 1. The summed E-state index contributed by atoms with van der Waals surface area (Å²) < 4.78 is 2.12. The van der Waals surface area contributed by atoms with Gasteiger partial charge in [0.15, 0.2) is 0 Å². The molecule has 0 unspecified atom stereocenters. The SMILES string of the molecule is N#Cc1ccccc1C(=O)N1CCC[C@@H](c2nccn2Cc2ccccn2)C1. The van der Waals surface area contributed by atoms with Crippen molar-refractivity contribution in [2.45, 2.75) is 25.3 Å². The van der Waals surface area contributed by atoms with Gasteiger partial charge in [0.05, 0.1) is 29.4 Å². The van der Waals surface area contributed by atoms with Crippen LogP contribution in [-0.2, 0) is 6.54 Å². The third-order valence-corrected chi connectivity index (χ3v) is 5.16. The number of benzene rings is 1. The summed E-state index contributed by atoms with van der Waals surface area (Å²) in [6.07, 6.45) is 7.48. The molecule has 3 aromatic rings. The van der Waals surface area contributed by atoms with Crippen molar-refractivity contribution in [3.8, 4) is 6.07 Å². The predicted molar refractivity (Wildman–Crippen MR) is 105 cm³/mol. The van der Waals surface area contributed by atoms with Gasteiger partial charge in [-0.3, -0.25) is 9.78 Å². The number of nitrogens with zero attached hydrogens (tertiary/aromatic N) is 5. The van der Waals surface area contributed by atoms with E-state index in [4.69, 9.17) is 0 Å². The quantitative estimate of drug-likeness (QED) is 0.706. The highest BCUT2D eigenvalue weighted by Gasteiger charge is 2.29. The summed E-state index contributed by atoms with van der Waals surface area (Å²) in [7, 11) is 0. The Morgan fingerprint density at radius 3 is 2.82 bits per heavy atom. The van der Waals surface area contributed by atoms with Gasteiger partial charge in [-0.1, -0.05) is 18.2 Å². The number of amides is 1. The molecule has 1 atom stereocenters. The first-order chi connectivity index (χ1) is 13.8. The van der Waals surface area contributed by atoms with Gasteiger partial charge >= 0.3 is 0 Å². The Balaban J connectivity index is 1.53. The Kier molecular flexibility index (Phi) is 5.16. The van der Waals surface area contributed by atoms with E-state index in [1.807, 2.05) is 35.5 Å². The first kappa shape index (κ1) is 17.9. The Bertz CT molecular complexity index is 1010. The molecule has 1 aromatic carbocycles. The molecule has 1 fully saturated rings. The number of likely N-dealkylation sites (tertiary alicyclic amines) is 1. The maximum absolute atomic E-state index is 13.0. The highest BCUT2D eigenvalue weighted by atomic mass is 16.2. The van der Waals surface area contributed by atoms with Gasteiger partial charge in [-0.25, -0.2) is 4.98 Å². The lowest BCUT2D eigenvalue weighted by atomic mass is 9.96. The molecule has 4 rings (SSSR count). The Morgan fingerprint density at radius 1 is 1.14 bits per heavy atom. The number of carbonyl (C=O) groups excluding carboxylic acids is 1. The number of pyridine rings is 1. The van der Waals surface area contributed by atoms with Crippen LogP contribution in [0.1, 0.15) is 46.2 Å². The Labute approximate surface area is 164 Å². The van der Waals surface area contributed by atoms with E-state index in [0.29, 0.717) is 30.8 Å². The molecule has 0 saturated carbocycles. The van der Waals surface area contributed by atoms with Gasteiger partial charge in [0.2, 0.25) is 0 Å². The number of piperidine rings is 1. The minimum atomic E-state index is -0.0790. The molecular formula is C22H21N5O. The van der Waals surface area contributed by atoms with E-state index in [0.717, 1.165) is 24.4 Å². The summed E-state index contributed by atoms with van der Waals surface area (Å²) in [5.41, 5.74) is 1.88. The first-order valence-corrected chi connectivity index (χ1v) is 9.45. The van der Waals surface area contributed by atoms with E-state index in [2.05, 4.69) is 20.6 Å². The number of rotatable bonds is 4. The number of imidazole rings is 1. The van der Waals surface area contributed by atoms with Gasteiger partial charge in [0, 0.05) is 37.6 Å². The van der Waals surface area contributed by atoms with Crippen LogP contribution in [0.4, 0.5) is 0 Å². The number of carbonyl (C=O) groups is 1. The minimum absolute atomic E-state index is 0.0790. The largest absolute Gasteiger partial charge is 0.338 e. The zero-order valence-corrected chi connectivity index (χ0v) is 15.5. The molecule has 6 heteroatoms. The highest BCUT2D eigenvalue weighted by molar-refractivity contribution is 5.96. The predicted octanol–water partition coefficient (Wildman–Crippen LogP) is 3.22. The summed E-state index contributed by atoms with van der Waals surface area (Å²) in [5.74, 6) is 1.08. The third kappa shape index (κ3) is 3.65. The van der Waals surface area contributed by atoms with Crippen LogP contribution in [-0.4, -0.2) is 38.4 Å². The van der Waals surface area contributed by atoms with Crippen molar-refractivity contribution >= 4 is 5.91 Å². The highest BCUT2D eigenvalue weighted by Crippen LogP contribution is 2.27. The summed E-state index contributed by atoms with van der Waals surface area (Å²) in [5, 5.41) is 9.30. The molecule has 0 radical (unpaired) electrons. The third-order valence-electron chi connectivity index (χ3n) is 5.16. The van der Waals surface area contributed by atoms with Gasteiger partial charge in [0.1, 0.15) is 5.82 Å². The monoisotopic (exact) mass is 371 g/mol. The van der Waals surface area contributed by atoms with Crippen molar-refractivity contribution in [3.05, 3.63) is 83.7 Å². The molecule has 1 saturated heterocycles. The molecule has 2 aromatic heterocycles. The second kappa shape index (κ2) is 8.05. The molecule has 0 aliphatic carbocycles. The van der Waals surface area contributed by atoms with Gasteiger partial charge in [-0.2, -0.15) is 5.26 Å². The molecule has 0 bridgehead atoms. The van der Waals surface area contributed by atoms with E-state index in [-0.39, 0.29) is 11.8 Å². The lowest BCUT2D eigenvalue weighted by Crippen LogP contribution is -2.40. The second-order valence-electron chi connectivity index (χ2n) is 6.98. The molecule has 6 nitrogen and oxygen atoms in total. The normalized spacial score (nSPS) is 16.5. The average molecular weight is 371 g/mol. The van der Waals surface area contributed by atoms with E-state index in [1.54, 1.807) is 30.5 Å². The molecule has 1 amide bonds. The van der Waals surface area contributed by atoms with Crippen LogP contribution in [0, 0.1) is 11.3 Å². The number of hydrogen-bond acceptors (Lipinski definition) is 4. The fourth-order valence-corrected chi connectivity index (χ4v) is 3.79. The maximum Gasteiger partial charge on any atom is 0.255 e. The van der Waals surface area contributed by atoms with Crippen molar-refractivity contribution in [2.24, 2.45) is 0 Å². The lowest BCUT2D eigenvalue weighted by Gasteiger charge is -2.33. The molecular weight excluding hydrogens is 350 g/mol. The summed E-state index contributed by atoms with van der Waals surface area (Å²) in [4.78, 5) is 23.8. The van der Waals surface area contributed by atoms with Crippen LogP contribution >= 0.6 is 0 Å². The van der Waals surface area contributed by atoms with E-state index < -0.39 is 0 Å². The van der Waals surface area contributed by atoms with Crippen molar-refractivity contribution in [1.29, 1.82) is 5.26 Å². The van der Waals surface area contributed by atoms with Gasteiger partial charge < -0.3 is 9.47 Å². The van der Waals surface area contributed by atoms with Crippen LogP contribution in [0.15, 0.2) is 61.1 Å². The fourth-order valence-electron chi connectivity index (χ4n) is 3.79. The molecule has 28 heavy (non-hydrogen) atoms. The number of aromatic nitrogens is 3. The zero-order valence-electron chi connectivity index (χ0n) is 15.5. The standard InChI is InChI=1S/C22H21N5O/c23-14-17-6-1-2-9-20(17)22(28)27-12-5-7-18(15-27)21-25-11-13-26(21)16-19-8-3-4-10-24-19/h1-4,6,8-11,13,18H,5,7,12,15-16H2/t18-/m1/s1. The topological polar surface area (TPSA) is 74.8 Å². The van der Waals surface area contributed by atoms with E-state index >= 15 is 0 Å². The zero-order chi connectivity index (χ0) is 19.3. The molecule has 3 heterocycles. The van der Waals surface area contributed by atoms with E-state index in [1.165, 1.54) is 0 Å². The van der Waals surface area contributed by atoms with Crippen LogP contribution in [0.5, 0.6) is 0 Å².